The van der Waals surface area contributed by atoms with Gasteiger partial charge >= 0.3 is 5.97 Å². The fourth-order valence-corrected chi connectivity index (χ4v) is 1.88. The van der Waals surface area contributed by atoms with Gasteiger partial charge in [0.2, 0.25) is 0 Å². The Labute approximate surface area is 101 Å². The third kappa shape index (κ3) is 1.46. The van der Waals surface area contributed by atoms with E-state index in [-0.39, 0.29) is 5.69 Å². The Balaban J connectivity index is 2.22. The van der Waals surface area contributed by atoms with E-state index in [1.165, 1.54) is 6.07 Å². The van der Waals surface area contributed by atoms with Gasteiger partial charge in [-0.2, -0.15) is 5.10 Å². The van der Waals surface area contributed by atoms with Crippen molar-refractivity contribution in [2.45, 2.75) is 0 Å². The van der Waals surface area contributed by atoms with Crippen LogP contribution in [-0.2, 0) is 7.05 Å². The number of nitrogens with zero attached hydrogens (tertiary/aromatic N) is 3. The number of aromatic nitrogens is 3. The van der Waals surface area contributed by atoms with Crippen LogP contribution >= 0.6 is 0 Å². The summed E-state index contributed by atoms with van der Waals surface area (Å²) in [5.41, 5.74) is 1.41. The largest absolute Gasteiger partial charge is 0.476 e. The molecule has 3 aromatic rings. The SMILES string of the molecule is Cn1nc(-c2cc(C(=O)O)no2)c2ccccc21. The molecule has 0 aliphatic rings. The van der Waals surface area contributed by atoms with Gasteiger partial charge in [-0.05, 0) is 6.07 Å². The molecule has 0 saturated heterocycles. The van der Waals surface area contributed by atoms with Crippen LogP contribution in [-0.4, -0.2) is 26.0 Å². The predicted molar refractivity (Wildman–Crippen MR) is 63.2 cm³/mol. The van der Waals surface area contributed by atoms with E-state index in [0.717, 1.165) is 10.9 Å². The summed E-state index contributed by atoms with van der Waals surface area (Å²) < 4.78 is 6.74. The second-order valence-corrected chi connectivity index (χ2v) is 3.87. The summed E-state index contributed by atoms with van der Waals surface area (Å²) in [4.78, 5) is 10.8. The number of hydrogen-bond donors (Lipinski definition) is 1. The first-order valence-electron chi connectivity index (χ1n) is 5.29. The van der Waals surface area contributed by atoms with E-state index in [1.54, 1.807) is 4.68 Å². The molecule has 1 aromatic carbocycles. The highest BCUT2D eigenvalue weighted by atomic mass is 16.5. The molecule has 0 bridgehead atoms. The van der Waals surface area contributed by atoms with Crippen molar-refractivity contribution < 1.29 is 14.4 Å². The molecule has 18 heavy (non-hydrogen) atoms. The van der Waals surface area contributed by atoms with Crippen LogP contribution in [0.5, 0.6) is 0 Å². The number of carbonyl (C=O) groups is 1. The van der Waals surface area contributed by atoms with Gasteiger partial charge in [-0.15, -0.1) is 0 Å². The Kier molecular flexibility index (Phi) is 2.16. The molecule has 6 nitrogen and oxygen atoms in total. The molecule has 0 amide bonds. The van der Waals surface area contributed by atoms with Gasteiger partial charge in [-0.3, -0.25) is 4.68 Å². The molecule has 0 radical (unpaired) electrons. The monoisotopic (exact) mass is 243 g/mol. The van der Waals surface area contributed by atoms with E-state index in [2.05, 4.69) is 10.3 Å². The van der Waals surface area contributed by atoms with E-state index in [4.69, 9.17) is 9.63 Å². The fourth-order valence-electron chi connectivity index (χ4n) is 1.88. The summed E-state index contributed by atoms with van der Waals surface area (Å²) in [5, 5.41) is 17.5. The zero-order valence-electron chi connectivity index (χ0n) is 9.49. The molecule has 3 rings (SSSR count). The van der Waals surface area contributed by atoms with Crippen molar-refractivity contribution in [3.63, 3.8) is 0 Å². The fraction of sp³-hybridized carbons (Fsp3) is 0.0833. The normalized spacial score (nSPS) is 10.9. The van der Waals surface area contributed by atoms with Crippen molar-refractivity contribution in [2.24, 2.45) is 7.05 Å². The minimum Gasteiger partial charge on any atom is -0.476 e. The molecule has 1 N–H and O–H groups in total. The molecule has 2 aromatic heterocycles. The summed E-state index contributed by atoms with van der Waals surface area (Å²) in [6.07, 6.45) is 0. The molecule has 6 heteroatoms. The number of hydrogen-bond acceptors (Lipinski definition) is 4. The lowest BCUT2D eigenvalue weighted by Gasteiger charge is -1.90. The second-order valence-electron chi connectivity index (χ2n) is 3.87. The van der Waals surface area contributed by atoms with Gasteiger partial charge in [0.25, 0.3) is 0 Å². The molecule has 90 valence electrons. The van der Waals surface area contributed by atoms with Crippen LogP contribution in [0.1, 0.15) is 10.5 Å². The Bertz CT molecular complexity index is 742. The van der Waals surface area contributed by atoms with Crippen molar-refractivity contribution in [3.8, 4) is 11.5 Å². The minimum absolute atomic E-state index is 0.125. The van der Waals surface area contributed by atoms with Gasteiger partial charge in [-0.1, -0.05) is 23.4 Å². The first kappa shape index (κ1) is 10.5. The molecular formula is C12H9N3O3. The molecule has 0 aliphatic carbocycles. The van der Waals surface area contributed by atoms with E-state index in [9.17, 15) is 4.79 Å². The van der Waals surface area contributed by atoms with Crippen LogP contribution in [0.4, 0.5) is 0 Å². The zero-order valence-corrected chi connectivity index (χ0v) is 9.49. The topological polar surface area (TPSA) is 81.2 Å². The van der Waals surface area contributed by atoms with Crippen LogP contribution in [0.15, 0.2) is 34.9 Å². The lowest BCUT2D eigenvalue weighted by Crippen LogP contribution is -1.94. The lowest BCUT2D eigenvalue weighted by atomic mass is 10.2. The number of aryl methyl sites for hydroxylation is 1. The molecule has 0 saturated carbocycles. The smallest absolute Gasteiger partial charge is 0.358 e. The number of para-hydroxylation sites is 1. The van der Waals surface area contributed by atoms with Gasteiger partial charge in [-0.25, -0.2) is 4.79 Å². The summed E-state index contributed by atoms with van der Waals surface area (Å²) in [6, 6.07) is 9.01. The number of carboxylic acid groups (broad SMARTS) is 1. The third-order valence-electron chi connectivity index (χ3n) is 2.72. The maximum Gasteiger partial charge on any atom is 0.358 e. The third-order valence-corrected chi connectivity index (χ3v) is 2.72. The number of fused-ring (bicyclic) bond motifs is 1. The van der Waals surface area contributed by atoms with Crippen molar-refractivity contribution in [3.05, 3.63) is 36.0 Å². The maximum absolute atomic E-state index is 10.8. The van der Waals surface area contributed by atoms with Gasteiger partial charge in [0.05, 0.1) is 5.52 Å². The van der Waals surface area contributed by atoms with E-state index in [0.29, 0.717) is 11.5 Å². The minimum atomic E-state index is -1.12. The van der Waals surface area contributed by atoms with Crippen LogP contribution in [0, 0.1) is 0 Å². The number of aromatic carboxylic acids is 1. The predicted octanol–water partition coefficient (Wildman–Crippen LogP) is 1.93. The van der Waals surface area contributed by atoms with Crippen molar-refractivity contribution in [1.29, 1.82) is 0 Å². The average Bonchev–Trinajstić information content (AvgIpc) is 2.95. The van der Waals surface area contributed by atoms with E-state index in [1.807, 2.05) is 31.3 Å². The summed E-state index contributed by atoms with van der Waals surface area (Å²) in [7, 11) is 1.82. The number of benzene rings is 1. The summed E-state index contributed by atoms with van der Waals surface area (Å²) in [6.45, 7) is 0. The average molecular weight is 243 g/mol. The van der Waals surface area contributed by atoms with Crippen LogP contribution in [0.3, 0.4) is 0 Å². The molecule has 0 spiro atoms. The van der Waals surface area contributed by atoms with E-state index < -0.39 is 5.97 Å². The lowest BCUT2D eigenvalue weighted by molar-refractivity contribution is 0.0686. The van der Waals surface area contributed by atoms with Gasteiger partial charge < -0.3 is 9.63 Å². The molecule has 0 unspecified atom stereocenters. The molecule has 0 fully saturated rings. The highest BCUT2D eigenvalue weighted by Gasteiger charge is 2.17. The van der Waals surface area contributed by atoms with Crippen molar-refractivity contribution >= 4 is 16.9 Å². The van der Waals surface area contributed by atoms with Crippen LogP contribution < -0.4 is 0 Å². The Hall–Kier alpha value is -2.63. The number of carboxylic acids is 1. The van der Waals surface area contributed by atoms with Crippen molar-refractivity contribution in [2.75, 3.05) is 0 Å². The maximum atomic E-state index is 10.8. The molecular weight excluding hydrogens is 234 g/mol. The Morgan fingerprint density at radius 1 is 1.39 bits per heavy atom. The zero-order chi connectivity index (χ0) is 12.7. The molecule has 0 aliphatic heterocycles. The number of rotatable bonds is 2. The second kappa shape index (κ2) is 3.69. The highest BCUT2D eigenvalue weighted by Crippen LogP contribution is 2.27. The van der Waals surface area contributed by atoms with Gasteiger partial charge in [0.15, 0.2) is 11.5 Å². The standard InChI is InChI=1S/C12H9N3O3/c1-15-9-5-3-2-4-7(9)11(13-15)10-6-8(12(16)17)14-18-10/h2-6H,1H3,(H,16,17). The first-order valence-corrected chi connectivity index (χ1v) is 5.29. The quantitative estimate of drug-likeness (QED) is 0.743. The molecule has 0 atom stereocenters. The van der Waals surface area contributed by atoms with Crippen LogP contribution in [0.25, 0.3) is 22.4 Å². The first-order chi connectivity index (χ1) is 8.66. The van der Waals surface area contributed by atoms with Gasteiger partial charge in [0.1, 0.15) is 5.69 Å². The highest BCUT2D eigenvalue weighted by molar-refractivity contribution is 5.93. The molecule has 2 heterocycles. The summed E-state index contributed by atoms with van der Waals surface area (Å²) in [5.74, 6) is -0.769. The van der Waals surface area contributed by atoms with Crippen LogP contribution in [0.2, 0.25) is 0 Å². The van der Waals surface area contributed by atoms with E-state index >= 15 is 0 Å². The Morgan fingerprint density at radius 2 is 2.17 bits per heavy atom. The Morgan fingerprint density at radius 3 is 2.89 bits per heavy atom. The van der Waals surface area contributed by atoms with Gasteiger partial charge in [0, 0.05) is 18.5 Å². The van der Waals surface area contributed by atoms with Crippen molar-refractivity contribution in [1.82, 2.24) is 14.9 Å². The summed E-state index contributed by atoms with van der Waals surface area (Å²) >= 11 is 0.